The zero-order valence-corrected chi connectivity index (χ0v) is 12.1. The van der Waals surface area contributed by atoms with Crippen molar-refractivity contribution in [1.82, 2.24) is 25.2 Å². The predicted molar refractivity (Wildman–Crippen MR) is 76.1 cm³/mol. The fourth-order valence-electron chi connectivity index (χ4n) is 2.56. The van der Waals surface area contributed by atoms with Crippen molar-refractivity contribution >= 4 is 11.3 Å². The molecule has 0 aliphatic carbocycles. The molecule has 0 radical (unpaired) electrons. The summed E-state index contributed by atoms with van der Waals surface area (Å²) < 4.78 is 0. The molecule has 0 spiro atoms. The molecule has 3 rings (SSSR count). The van der Waals surface area contributed by atoms with E-state index in [4.69, 9.17) is 0 Å². The van der Waals surface area contributed by atoms with Crippen LogP contribution in [0.3, 0.4) is 0 Å². The lowest BCUT2D eigenvalue weighted by Gasteiger charge is -2.27. The van der Waals surface area contributed by atoms with E-state index in [0.29, 0.717) is 6.04 Å². The number of rotatable bonds is 4. The number of likely N-dealkylation sites (N-methyl/N-ethyl adjacent to an activating group) is 1. The van der Waals surface area contributed by atoms with Crippen molar-refractivity contribution in [2.75, 3.05) is 13.6 Å². The molecule has 3 heterocycles. The van der Waals surface area contributed by atoms with Gasteiger partial charge in [-0.25, -0.2) is 9.97 Å². The smallest absolute Gasteiger partial charge is 0.0925 e. The average molecular weight is 277 g/mol. The average Bonchev–Trinajstić information content (AvgIpc) is 2.97. The Balaban J connectivity index is 1.54. The normalized spacial score (nSPS) is 18.8. The lowest BCUT2D eigenvalue weighted by Crippen LogP contribution is -2.43. The number of thiazole rings is 1. The van der Waals surface area contributed by atoms with Gasteiger partial charge in [0.05, 0.1) is 28.4 Å². The third-order valence-electron chi connectivity index (χ3n) is 3.45. The molecule has 102 valence electrons. The van der Waals surface area contributed by atoms with E-state index in [-0.39, 0.29) is 0 Å². The number of imidazole rings is 1. The van der Waals surface area contributed by atoms with Crippen LogP contribution in [-0.2, 0) is 19.5 Å². The van der Waals surface area contributed by atoms with Gasteiger partial charge in [0.2, 0.25) is 0 Å². The van der Waals surface area contributed by atoms with E-state index in [0.717, 1.165) is 31.1 Å². The van der Waals surface area contributed by atoms with Crippen LogP contribution in [0.15, 0.2) is 11.7 Å². The van der Waals surface area contributed by atoms with Gasteiger partial charge in [-0.1, -0.05) is 0 Å². The van der Waals surface area contributed by atoms with E-state index >= 15 is 0 Å². The van der Waals surface area contributed by atoms with Gasteiger partial charge in [0, 0.05) is 37.5 Å². The number of nitrogens with zero attached hydrogens (tertiary/aromatic N) is 3. The summed E-state index contributed by atoms with van der Waals surface area (Å²) in [6.07, 6.45) is 2.79. The molecule has 2 aromatic heterocycles. The summed E-state index contributed by atoms with van der Waals surface area (Å²) in [6.45, 7) is 4.87. The highest BCUT2D eigenvalue weighted by molar-refractivity contribution is 7.09. The number of hydrogen-bond acceptors (Lipinski definition) is 5. The van der Waals surface area contributed by atoms with Crippen molar-refractivity contribution in [3.8, 4) is 0 Å². The topological polar surface area (TPSA) is 56.8 Å². The highest BCUT2D eigenvalue weighted by Gasteiger charge is 2.21. The van der Waals surface area contributed by atoms with Crippen LogP contribution >= 0.6 is 11.3 Å². The summed E-state index contributed by atoms with van der Waals surface area (Å²) in [5, 5.41) is 6.84. The summed E-state index contributed by atoms with van der Waals surface area (Å²) in [7, 11) is 2.15. The number of hydrogen-bond donors (Lipinski definition) is 2. The maximum Gasteiger partial charge on any atom is 0.0925 e. The fraction of sp³-hybridized carbons (Fsp3) is 0.538. The van der Waals surface area contributed by atoms with Crippen molar-refractivity contribution < 1.29 is 0 Å². The van der Waals surface area contributed by atoms with Crippen LogP contribution in [-0.4, -0.2) is 39.5 Å². The van der Waals surface area contributed by atoms with Crippen molar-refractivity contribution in [2.24, 2.45) is 0 Å². The van der Waals surface area contributed by atoms with Gasteiger partial charge >= 0.3 is 0 Å². The monoisotopic (exact) mass is 277 g/mol. The minimum atomic E-state index is 0.473. The van der Waals surface area contributed by atoms with E-state index in [1.54, 1.807) is 17.7 Å². The van der Waals surface area contributed by atoms with Crippen LogP contribution in [0.25, 0.3) is 0 Å². The van der Waals surface area contributed by atoms with E-state index in [1.165, 1.54) is 17.1 Å². The summed E-state index contributed by atoms with van der Waals surface area (Å²) >= 11 is 1.72. The first-order chi connectivity index (χ1) is 9.20. The SMILES string of the molecule is Cc1nc(CN(C)CC2Cc3nc[nH]c3CN2)cs1. The van der Waals surface area contributed by atoms with Crippen molar-refractivity contribution in [1.29, 1.82) is 0 Å². The Hall–Kier alpha value is -1.24. The molecule has 1 unspecified atom stereocenters. The molecule has 1 atom stereocenters. The van der Waals surface area contributed by atoms with Gasteiger partial charge in [0.1, 0.15) is 0 Å². The summed E-state index contributed by atoms with van der Waals surface area (Å²) in [5.41, 5.74) is 3.61. The second-order valence-corrected chi connectivity index (χ2v) is 6.23. The van der Waals surface area contributed by atoms with Crippen molar-refractivity contribution in [3.05, 3.63) is 33.8 Å². The molecule has 2 aromatic rings. The second-order valence-electron chi connectivity index (χ2n) is 5.16. The van der Waals surface area contributed by atoms with Crippen LogP contribution in [0.2, 0.25) is 0 Å². The Morgan fingerprint density at radius 1 is 1.53 bits per heavy atom. The molecule has 5 nitrogen and oxygen atoms in total. The molecular weight excluding hydrogens is 258 g/mol. The molecule has 0 aromatic carbocycles. The zero-order chi connectivity index (χ0) is 13.2. The molecule has 0 amide bonds. The molecule has 19 heavy (non-hydrogen) atoms. The predicted octanol–water partition coefficient (Wildman–Crippen LogP) is 1.32. The number of fused-ring (bicyclic) bond motifs is 1. The maximum absolute atomic E-state index is 4.51. The molecule has 1 aliphatic rings. The lowest BCUT2D eigenvalue weighted by atomic mass is 10.1. The maximum atomic E-state index is 4.51. The van der Waals surface area contributed by atoms with Gasteiger partial charge in [-0.3, -0.25) is 4.90 Å². The summed E-state index contributed by atoms with van der Waals surface area (Å²) in [5.74, 6) is 0. The van der Waals surface area contributed by atoms with E-state index in [2.05, 4.69) is 44.5 Å². The van der Waals surface area contributed by atoms with Gasteiger partial charge in [-0.15, -0.1) is 11.3 Å². The zero-order valence-electron chi connectivity index (χ0n) is 11.3. The molecule has 6 heteroatoms. The Labute approximate surface area is 117 Å². The summed E-state index contributed by atoms with van der Waals surface area (Å²) in [6, 6.07) is 0.473. The fourth-order valence-corrected chi connectivity index (χ4v) is 3.16. The van der Waals surface area contributed by atoms with Crippen LogP contribution in [0.4, 0.5) is 0 Å². The largest absolute Gasteiger partial charge is 0.347 e. The molecule has 2 N–H and O–H groups in total. The number of nitrogens with one attached hydrogen (secondary N) is 2. The molecule has 0 saturated heterocycles. The Kier molecular flexibility index (Phi) is 3.63. The standard InChI is InChI=1S/C13H19N5S/c1-9-17-11(7-19-9)6-18(2)5-10-3-12-13(4-14-10)16-8-15-12/h7-8,10,14H,3-6H2,1-2H3,(H,15,16). The Morgan fingerprint density at radius 2 is 2.42 bits per heavy atom. The molecule has 0 bridgehead atoms. The first kappa shape index (κ1) is 12.8. The van der Waals surface area contributed by atoms with Gasteiger partial charge in [-0.05, 0) is 14.0 Å². The number of aromatic nitrogens is 3. The summed E-state index contributed by atoms with van der Waals surface area (Å²) in [4.78, 5) is 14.4. The van der Waals surface area contributed by atoms with Gasteiger partial charge in [0.25, 0.3) is 0 Å². The minimum absolute atomic E-state index is 0.473. The van der Waals surface area contributed by atoms with Crippen LogP contribution in [0.5, 0.6) is 0 Å². The Bertz CT molecular complexity index is 547. The van der Waals surface area contributed by atoms with E-state index in [1.807, 2.05) is 0 Å². The first-order valence-corrected chi connectivity index (χ1v) is 7.42. The number of aromatic amines is 1. The molecule has 1 aliphatic heterocycles. The second kappa shape index (κ2) is 5.40. The third kappa shape index (κ3) is 3.02. The molecular formula is C13H19N5S. The van der Waals surface area contributed by atoms with Crippen molar-refractivity contribution in [2.45, 2.75) is 32.5 Å². The molecule has 0 fully saturated rings. The highest BCUT2D eigenvalue weighted by atomic mass is 32.1. The van der Waals surface area contributed by atoms with Crippen molar-refractivity contribution in [3.63, 3.8) is 0 Å². The first-order valence-electron chi connectivity index (χ1n) is 6.55. The van der Waals surface area contributed by atoms with Crippen LogP contribution in [0.1, 0.15) is 22.1 Å². The van der Waals surface area contributed by atoms with E-state index < -0.39 is 0 Å². The number of H-pyrrole nitrogens is 1. The van der Waals surface area contributed by atoms with Gasteiger partial charge in [0.15, 0.2) is 0 Å². The quantitative estimate of drug-likeness (QED) is 0.885. The van der Waals surface area contributed by atoms with Gasteiger partial charge < -0.3 is 10.3 Å². The van der Waals surface area contributed by atoms with Crippen LogP contribution < -0.4 is 5.32 Å². The van der Waals surface area contributed by atoms with Crippen LogP contribution in [0, 0.1) is 6.92 Å². The van der Waals surface area contributed by atoms with Gasteiger partial charge in [-0.2, -0.15) is 0 Å². The minimum Gasteiger partial charge on any atom is -0.347 e. The third-order valence-corrected chi connectivity index (χ3v) is 4.27. The molecule has 0 saturated carbocycles. The Morgan fingerprint density at radius 3 is 3.21 bits per heavy atom. The highest BCUT2D eigenvalue weighted by Crippen LogP contribution is 2.14. The lowest BCUT2D eigenvalue weighted by molar-refractivity contribution is 0.270. The van der Waals surface area contributed by atoms with E-state index in [9.17, 15) is 0 Å². The number of aryl methyl sites for hydroxylation is 1.